The van der Waals surface area contributed by atoms with Gasteiger partial charge in [-0.25, -0.2) is 0 Å². The second-order valence-electron chi connectivity index (χ2n) is 5.43. The fraction of sp³-hybridized carbons (Fsp3) is 0.316. The third-order valence-corrected chi connectivity index (χ3v) is 4.07. The summed E-state index contributed by atoms with van der Waals surface area (Å²) in [5.74, 6) is 0.884. The van der Waals surface area contributed by atoms with Crippen molar-refractivity contribution < 1.29 is 9.53 Å². The summed E-state index contributed by atoms with van der Waals surface area (Å²) in [4.78, 5) is 12.2. The van der Waals surface area contributed by atoms with Gasteiger partial charge >= 0.3 is 0 Å². The van der Waals surface area contributed by atoms with E-state index in [4.69, 9.17) is 16.3 Å². The topological polar surface area (TPSA) is 38.3 Å². The molecule has 0 fully saturated rings. The zero-order valence-corrected chi connectivity index (χ0v) is 14.3. The van der Waals surface area contributed by atoms with Crippen molar-refractivity contribution in [3.63, 3.8) is 0 Å². The van der Waals surface area contributed by atoms with Gasteiger partial charge in [-0.1, -0.05) is 42.8 Å². The van der Waals surface area contributed by atoms with Crippen molar-refractivity contribution in [2.75, 3.05) is 7.11 Å². The van der Waals surface area contributed by atoms with Gasteiger partial charge < -0.3 is 10.1 Å². The third kappa shape index (κ3) is 5.29. The largest absolute Gasteiger partial charge is 0.497 e. The summed E-state index contributed by atoms with van der Waals surface area (Å²) in [6, 6.07) is 15.4. The minimum absolute atomic E-state index is 0.0237. The van der Waals surface area contributed by atoms with Crippen molar-refractivity contribution in [1.29, 1.82) is 0 Å². The van der Waals surface area contributed by atoms with Crippen molar-refractivity contribution in [3.05, 3.63) is 64.7 Å². The smallest absolute Gasteiger partial charge is 0.220 e. The summed E-state index contributed by atoms with van der Waals surface area (Å²) in [7, 11) is 1.64. The zero-order valence-electron chi connectivity index (χ0n) is 13.5. The molecular weight excluding hydrogens is 310 g/mol. The molecule has 0 heterocycles. The van der Waals surface area contributed by atoms with E-state index >= 15 is 0 Å². The van der Waals surface area contributed by atoms with E-state index in [0.717, 1.165) is 23.3 Å². The van der Waals surface area contributed by atoms with Gasteiger partial charge in [-0.2, -0.15) is 0 Å². The number of methoxy groups -OCH3 is 1. The van der Waals surface area contributed by atoms with Crippen LogP contribution >= 0.6 is 11.6 Å². The Bertz CT molecular complexity index is 623. The molecule has 1 amide bonds. The van der Waals surface area contributed by atoms with Crippen LogP contribution in [0.5, 0.6) is 5.75 Å². The Morgan fingerprint density at radius 2 is 1.78 bits per heavy atom. The number of aryl methyl sites for hydroxylation is 1. The predicted octanol–water partition coefficient (Wildman–Crippen LogP) is 4.55. The van der Waals surface area contributed by atoms with Crippen LogP contribution in [0.3, 0.4) is 0 Å². The highest BCUT2D eigenvalue weighted by atomic mass is 35.5. The van der Waals surface area contributed by atoms with Crippen molar-refractivity contribution >= 4 is 17.5 Å². The molecule has 0 saturated carbocycles. The molecule has 4 heteroatoms. The summed E-state index contributed by atoms with van der Waals surface area (Å²) >= 11 is 5.91. The number of hydrogen-bond acceptors (Lipinski definition) is 2. The summed E-state index contributed by atoms with van der Waals surface area (Å²) in [5, 5.41) is 3.79. The van der Waals surface area contributed by atoms with Crippen LogP contribution in [-0.4, -0.2) is 13.0 Å². The molecule has 0 saturated heterocycles. The molecule has 2 aromatic carbocycles. The molecule has 122 valence electrons. The molecule has 2 rings (SSSR count). The summed E-state index contributed by atoms with van der Waals surface area (Å²) in [6.45, 7) is 2.06. The molecule has 0 bridgehead atoms. The Morgan fingerprint density at radius 1 is 1.13 bits per heavy atom. The lowest BCUT2D eigenvalue weighted by atomic mass is 10.0. The maximum absolute atomic E-state index is 12.2. The molecule has 1 atom stereocenters. The molecule has 0 aliphatic rings. The molecule has 0 radical (unpaired) electrons. The number of rotatable bonds is 7. The van der Waals surface area contributed by atoms with E-state index in [2.05, 4.69) is 12.2 Å². The fourth-order valence-electron chi connectivity index (χ4n) is 2.43. The van der Waals surface area contributed by atoms with Gasteiger partial charge in [0.1, 0.15) is 5.75 Å². The second-order valence-corrected chi connectivity index (χ2v) is 5.86. The van der Waals surface area contributed by atoms with Gasteiger partial charge in [0.15, 0.2) is 0 Å². The molecule has 1 unspecified atom stereocenters. The van der Waals surface area contributed by atoms with Crippen LogP contribution in [0, 0.1) is 0 Å². The van der Waals surface area contributed by atoms with E-state index in [1.165, 1.54) is 0 Å². The average molecular weight is 332 g/mol. The predicted molar refractivity (Wildman–Crippen MR) is 93.9 cm³/mol. The number of carbonyl (C=O) groups is 1. The molecule has 0 aromatic heterocycles. The first-order valence-electron chi connectivity index (χ1n) is 7.80. The lowest BCUT2D eigenvalue weighted by Gasteiger charge is -2.17. The third-order valence-electron chi connectivity index (χ3n) is 3.82. The van der Waals surface area contributed by atoms with Crippen LogP contribution in [0.15, 0.2) is 48.5 Å². The molecule has 0 aliphatic carbocycles. The summed E-state index contributed by atoms with van der Waals surface area (Å²) in [5.41, 5.74) is 2.20. The van der Waals surface area contributed by atoms with Crippen LogP contribution in [0.1, 0.15) is 36.9 Å². The van der Waals surface area contributed by atoms with Crippen molar-refractivity contribution in [1.82, 2.24) is 5.32 Å². The quantitative estimate of drug-likeness (QED) is 0.808. The van der Waals surface area contributed by atoms with Gasteiger partial charge in [-0.3, -0.25) is 4.79 Å². The Balaban J connectivity index is 1.88. The normalized spacial score (nSPS) is 11.8. The summed E-state index contributed by atoms with van der Waals surface area (Å²) < 4.78 is 5.13. The van der Waals surface area contributed by atoms with Crippen molar-refractivity contribution in [2.24, 2.45) is 0 Å². The second kappa shape index (κ2) is 8.59. The molecular formula is C19H22ClNO2. The van der Waals surface area contributed by atoms with Gasteiger partial charge in [0.25, 0.3) is 0 Å². The van der Waals surface area contributed by atoms with Crippen LogP contribution in [0.4, 0.5) is 0 Å². The number of carbonyl (C=O) groups excluding carboxylic acids is 1. The monoisotopic (exact) mass is 331 g/mol. The van der Waals surface area contributed by atoms with Gasteiger partial charge in [0, 0.05) is 11.4 Å². The minimum Gasteiger partial charge on any atom is -0.497 e. The summed E-state index contributed by atoms with van der Waals surface area (Å²) in [6.07, 6.45) is 2.03. The van der Waals surface area contributed by atoms with Gasteiger partial charge in [-0.05, 0) is 48.2 Å². The number of ether oxygens (including phenoxy) is 1. The SMILES string of the molecule is CCC(NC(=O)CCc1ccc(OC)cc1)c1ccc(Cl)cc1. The highest BCUT2D eigenvalue weighted by molar-refractivity contribution is 6.30. The van der Waals surface area contributed by atoms with Crippen molar-refractivity contribution in [2.45, 2.75) is 32.2 Å². The Hall–Kier alpha value is -2.00. The molecule has 23 heavy (non-hydrogen) atoms. The zero-order chi connectivity index (χ0) is 16.7. The fourth-order valence-corrected chi connectivity index (χ4v) is 2.56. The minimum atomic E-state index is 0.0237. The average Bonchev–Trinajstić information content (AvgIpc) is 2.59. The molecule has 0 aliphatic heterocycles. The van der Waals surface area contributed by atoms with E-state index < -0.39 is 0 Å². The first-order valence-corrected chi connectivity index (χ1v) is 8.18. The van der Waals surface area contributed by atoms with Crippen molar-refractivity contribution in [3.8, 4) is 5.75 Å². The Kier molecular flexibility index (Phi) is 6.48. The van der Waals surface area contributed by atoms with Crippen LogP contribution in [-0.2, 0) is 11.2 Å². The van der Waals surface area contributed by atoms with E-state index in [9.17, 15) is 4.79 Å². The van der Waals surface area contributed by atoms with Gasteiger partial charge in [0.05, 0.1) is 13.2 Å². The molecule has 1 N–H and O–H groups in total. The van der Waals surface area contributed by atoms with Gasteiger partial charge in [-0.15, -0.1) is 0 Å². The van der Waals surface area contributed by atoms with Crippen LogP contribution < -0.4 is 10.1 Å². The Morgan fingerprint density at radius 3 is 2.35 bits per heavy atom. The van der Waals surface area contributed by atoms with Gasteiger partial charge in [0.2, 0.25) is 5.91 Å². The number of nitrogens with one attached hydrogen (secondary N) is 1. The maximum atomic E-state index is 12.2. The molecule has 0 spiro atoms. The van der Waals surface area contributed by atoms with E-state index in [0.29, 0.717) is 17.9 Å². The lowest BCUT2D eigenvalue weighted by molar-refractivity contribution is -0.121. The number of benzene rings is 2. The Labute approximate surface area is 142 Å². The van der Waals surface area contributed by atoms with E-state index in [1.807, 2.05) is 48.5 Å². The number of amides is 1. The number of hydrogen-bond donors (Lipinski definition) is 1. The van der Waals surface area contributed by atoms with Crippen LogP contribution in [0.2, 0.25) is 5.02 Å². The first-order chi connectivity index (χ1) is 11.1. The van der Waals surface area contributed by atoms with E-state index in [1.54, 1.807) is 7.11 Å². The standard InChI is InChI=1S/C19H22ClNO2/c1-3-18(15-7-9-16(20)10-8-15)21-19(22)13-6-14-4-11-17(23-2)12-5-14/h4-5,7-12,18H,3,6,13H2,1-2H3,(H,21,22). The van der Waals surface area contributed by atoms with E-state index in [-0.39, 0.29) is 11.9 Å². The maximum Gasteiger partial charge on any atom is 0.220 e. The lowest BCUT2D eigenvalue weighted by Crippen LogP contribution is -2.28. The highest BCUT2D eigenvalue weighted by Crippen LogP contribution is 2.19. The number of halogens is 1. The van der Waals surface area contributed by atoms with Crippen LogP contribution in [0.25, 0.3) is 0 Å². The molecule has 2 aromatic rings. The first kappa shape index (κ1) is 17.4. The molecule has 3 nitrogen and oxygen atoms in total. The highest BCUT2D eigenvalue weighted by Gasteiger charge is 2.12.